The van der Waals surface area contributed by atoms with Crippen LogP contribution in [0, 0.1) is 0 Å². The average molecular weight is 401 g/mol. The zero-order valence-electron chi connectivity index (χ0n) is 15.3. The molecule has 0 radical (unpaired) electrons. The van der Waals surface area contributed by atoms with Gasteiger partial charge in [0.05, 0.1) is 17.0 Å². The van der Waals surface area contributed by atoms with Gasteiger partial charge in [0.15, 0.2) is 17.3 Å². The first-order chi connectivity index (χ1) is 13.0. The Morgan fingerprint density at radius 2 is 1.93 bits per heavy atom. The lowest BCUT2D eigenvalue weighted by Crippen LogP contribution is -1.99. The molecule has 0 amide bonds. The molecule has 3 nitrogen and oxygen atoms in total. The van der Waals surface area contributed by atoms with Crippen LogP contribution < -0.4 is 4.74 Å². The van der Waals surface area contributed by atoms with E-state index in [9.17, 15) is 9.90 Å². The van der Waals surface area contributed by atoms with Gasteiger partial charge < -0.3 is 9.84 Å². The molecule has 140 valence electrons. The predicted molar refractivity (Wildman–Crippen MR) is 111 cm³/mol. The number of rotatable bonds is 7. The molecule has 0 aliphatic rings. The summed E-state index contributed by atoms with van der Waals surface area (Å²) in [6.45, 7) is 2.11. The van der Waals surface area contributed by atoms with Crippen LogP contribution in [0.1, 0.15) is 33.5 Å². The molecule has 0 unspecified atom stereocenters. The largest absolute Gasteiger partial charge is 0.503 e. The topological polar surface area (TPSA) is 46.5 Å². The number of hydrogen-bond acceptors (Lipinski definition) is 4. The Hall–Kier alpha value is -2.30. The summed E-state index contributed by atoms with van der Waals surface area (Å²) in [6, 6.07) is 15.5. The number of carbonyl (C=O) groups is 1. The summed E-state index contributed by atoms with van der Waals surface area (Å²) in [4.78, 5) is 14.7. The van der Waals surface area contributed by atoms with Crippen molar-refractivity contribution in [3.8, 4) is 22.6 Å². The lowest BCUT2D eigenvalue weighted by molar-refractivity contribution is 0.0986. The maximum absolute atomic E-state index is 12.7. The van der Waals surface area contributed by atoms with E-state index in [-0.39, 0.29) is 16.6 Å². The van der Waals surface area contributed by atoms with Crippen LogP contribution in [-0.2, 0) is 12.8 Å². The van der Waals surface area contributed by atoms with E-state index in [0.29, 0.717) is 18.6 Å². The van der Waals surface area contributed by atoms with Crippen LogP contribution in [0.2, 0.25) is 5.02 Å². The number of aryl methyl sites for hydroxylation is 2. The van der Waals surface area contributed by atoms with Gasteiger partial charge in [-0.1, -0.05) is 48.9 Å². The van der Waals surface area contributed by atoms with E-state index in [0.717, 1.165) is 28.0 Å². The summed E-state index contributed by atoms with van der Waals surface area (Å²) in [6.07, 6.45) is 1.81. The van der Waals surface area contributed by atoms with Gasteiger partial charge >= 0.3 is 0 Å². The molecule has 0 saturated heterocycles. The highest BCUT2D eigenvalue weighted by Crippen LogP contribution is 2.36. The monoisotopic (exact) mass is 400 g/mol. The fourth-order valence-corrected chi connectivity index (χ4v) is 4.32. The molecule has 27 heavy (non-hydrogen) atoms. The van der Waals surface area contributed by atoms with Crippen LogP contribution in [0.5, 0.6) is 11.5 Å². The molecule has 0 fully saturated rings. The average Bonchev–Trinajstić information content (AvgIpc) is 3.13. The van der Waals surface area contributed by atoms with Crippen molar-refractivity contribution in [1.29, 1.82) is 0 Å². The minimum Gasteiger partial charge on any atom is -0.503 e. The van der Waals surface area contributed by atoms with Gasteiger partial charge in [0, 0.05) is 11.3 Å². The molecular weight excluding hydrogens is 380 g/mol. The summed E-state index contributed by atoms with van der Waals surface area (Å²) in [5.41, 5.74) is 3.14. The smallest absolute Gasteiger partial charge is 0.176 e. The molecule has 1 heterocycles. The number of hydrogen-bond donors (Lipinski definition) is 1. The number of carbonyl (C=O) groups excluding carboxylic acids is 1. The molecule has 2 aromatic carbocycles. The van der Waals surface area contributed by atoms with Crippen LogP contribution in [0.4, 0.5) is 0 Å². The summed E-state index contributed by atoms with van der Waals surface area (Å²) < 4.78 is 5.12. The number of ketones is 1. The normalized spacial score (nSPS) is 10.8. The third kappa shape index (κ3) is 4.34. The maximum Gasteiger partial charge on any atom is 0.176 e. The Labute approximate surface area is 168 Å². The van der Waals surface area contributed by atoms with Crippen molar-refractivity contribution >= 4 is 28.7 Å². The molecular formula is C22H21ClO3S. The fourth-order valence-electron chi connectivity index (χ4n) is 3.00. The number of aromatic hydroxyl groups is 1. The van der Waals surface area contributed by atoms with E-state index in [2.05, 4.69) is 19.1 Å². The van der Waals surface area contributed by atoms with E-state index in [1.807, 2.05) is 24.3 Å². The van der Waals surface area contributed by atoms with Crippen molar-refractivity contribution in [2.45, 2.75) is 26.2 Å². The molecule has 0 aliphatic carbocycles. The Kier molecular flexibility index (Phi) is 6.19. The molecule has 0 saturated carbocycles. The molecule has 0 bridgehead atoms. The van der Waals surface area contributed by atoms with Gasteiger partial charge in [0.25, 0.3) is 0 Å². The van der Waals surface area contributed by atoms with Crippen molar-refractivity contribution in [3.05, 3.63) is 68.9 Å². The zero-order chi connectivity index (χ0) is 19.4. The summed E-state index contributed by atoms with van der Waals surface area (Å²) in [5.74, 6) is 0.355. The number of methoxy groups -OCH3 is 1. The lowest BCUT2D eigenvalue weighted by Gasteiger charge is -2.08. The van der Waals surface area contributed by atoms with E-state index < -0.39 is 0 Å². The second kappa shape index (κ2) is 8.59. The second-order valence-corrected chi connectivity index (χ2v) is 7.76. The van der Waals surface area contributed by atoms with Crippen molar-refractivity contribution < 1.29 is 14.6 Å². The van der Waals surface area contributed by atoms with Crippen molar-refractivity contribution in [2.75, 3.05) is 7.11 Å². The van der Waals surface area contributed by atoms with Crippen LogP contribution in [-0.4, -0.2) is 18.0 Å². The number of ether oxygens (including phenoxy) is 1. The first-order valence-corrected chi connectivity index (χ1v) is 9.99. The highest BCUT2D eigenvalue weighted by Gasteiger charge is 2.16. The first-order valence-electron chi connectivity index (χ1n) is 8.80. The summed E-state index contributed by atoms with van der Waals surface area (Å²) in [7, 11) is 1.48. The second-order valence-electron chi connectivity index (χ2n) is 6.22. The molecule has 3 aromatic rings. The minimum atomic E-state index is -0.0763. The van der Waals surface area contributed by atoms with Crippen LogP contribution >= 0.6 is 22.9 Å². The van der Waals surface area contributed by atoms with E-state index in [1.54, 1.807) is 23.5 Å². The predicted octanol–water partition coefficient (Wildman–Crippen LogP) is 6.16. The standard InChI is InChI=1S/C22H21ClO3S/c1-3-20-16(15-7-5-4-6-8-15)13-21(27-20)18(24)10-9-14-11-17(23)22(25)19(12-14)26-2/h4-8,11-13,25H,3,9-10H2,1-2H3. The zero-order valence-corrected chi connectivity index (χ0v) is 16.9. The summed E-state index contributed by atoms with van der Waals surface area (Å²) >= 11 is 7.60. The molecule has 5 heteroatoms. The molecule has 0 aliphatic heterocycles. The Morgan fingerprint density at radius 3 is 2.59 bits per heavy atom. The van der Waals surface area contributed by atoms with Crippen molar-refractivity contribution in [3.63, 3.8) is 0 Å². The molecule has 1 N–H and O–H groups in total. The number of benzene rings is 2. The number of thiophene rings is 1. The number of phenols is 1. The minimum absolute atomic E-state index is 0.0763. The van der Waals surface area contributed by atoms with Gasteiger partial charge in [-0.25, -0.2) is 0 Å². The molecule has 3 rings (SSSR count). The van der Waals surface area contributed by atoms with Gasteiger partial charge in [-0.15, -0.1) is 11.3 Å². The summed E-state index contributed by atoms with van der Waals surface area (Å²) in [5, 5.41) is 10.1. The highest BCUT2D eigenvalue weighted by atomic mass is 35.5. The Balaban J connectivity index is 1.77. The highest BCUT2D eigenvalue weighted by molar-refractivity contribution is 7.14. The van der Waals surface area contributed by atoms with Gasteiger partial charge in [0.2, 0.25) is 0 Å². The quantitative estimate of drug-likeness (QED) is 0.483. The number of phenolic OH excluding ortho intramolecular Hbond substituents is 1. The molecule has 0 spiro atoms. The van der Waals surface area contributed by atoms with Gasteiger partial charge in [0.1, 0.15) is 0 Å². The van der Waals surface area contributed by atoms with E-state index >= 15 is 0 Å². The number of halogens is 1. The number of Topliss-reactive ketones (excluding diaryl/α,β-unsaturated/α-hetero) is 1. The van der Waals surface area contributed by atoms with Crippen molar-refractivity contribution in [1.82, 2.24) is 0 Å². The van der Waals surface area contributed by atoms with Crippen molar-refractivity contribution in [2.24, 2.45) is 0 Å². The van der Waals surface area contributed by atoms with E-state index in [4.69, 9.17) is 16.3 Å². The van der Waals surface area contributed by atoms with Gasteiger partial charge in [-0.3, -0.25) is 4.79 Å². The van der Waals surface area contributed by atoms with Gasteiger partial charge in [-0.2, -0.15) is 0 Å². The molecule has 1 aromatic heterocycles. The van der Waals surface area contributed by atoms with Crippen LogP contribution in [0.25, 0.3) is 11.1 Å². The van der Waals surface area contributed by atoms with Crippen LogP contribution in [0.15, 0.2) is 48.5 Å². The Bertz CT molecular complexity index is 948. The third-order valence-corrected chi connectivity index (χ3v) is 6.05. The SMILES string of the molecule is CCc1sc(C(=O)CCc2cc(Cl)c(O)c(OC)c2)cc1-c1ccccc1. The third-order valence-electron chi connectivity index (χ3n) is 4.44. The first kappa shape index (κ1) is 19.5. The Morgan fingerprint density at radius 1 is 1.19 bits per heavy atom. The van der Waals surface area contributed by atoms with Gasteiger partial charge in [-0.05, 0) is 47.7 Å². The van der Waals surface area contributed by atoms with Crippen LogP contribution in [0.3, 0.4) is 0 Å². The lowest BCUT2D eigenvalue weighted by atomic mass is 10.0. The maximum atomic E-state index is 12.7. The van der Waals surface area contributed by atoms with E-state index in [1.165, 1.54) is 12.0 Å². The fraction of sp³-hybridized carbons (Fsp3) is 0.227. The molecule has 0 atom stereocenters.